The summed E-state index contributed by atoms with van der Waals surface area (Å²) in [6, 6.07) is 27.8. The van der Waals surface area contributed by atoms with Crippen molar-refractivity contribution < 1.29 is 9.53 Å². The number of aromatic nitrogens is 1. The maximum absolute atomic E-state index is 13.7. The van der Waals surface area contributed by atoms with Crippen LogP contribution in [0.4, 0.5) is 16.2 Å². The Hall–Kier alpha value is -4.19. The van der Waals surface area contributed by atoms with Crippen LogP contribution in [-0.2, 0) is 6.54 Å². The van der Waals surface area contributed by atoms with E-state index in [4.69, 9.17) is 4.74 Å². The Labute approximate surface area is 200 Å². The van der Waals surface area contributed by atoms with Crippen molar-refractivity contribution in [2.75, 3.05) is 31.4 Å². The Morgan fingerprint density at radius 2 is 1.68 bits per heavy atom. The van der Waals surface area contributed by atoms with E-state index in [2.05, 4.69) is 63.4 Å². The summed E-state index contributed by atoms with van der Waals surface area (Å²) < 4.78 is 7.44. The molecule has 0 fully saturated rings. The number of ether oxygens (including phenoxy) is 1. The van der Waals surface area contributed by atoms with Gasteiger partial charge in [-0.3, -0.25) is 0 Å². The van der Waals surface area contributed by atoms with E-state index in [0.717, 1.165) is 39.6 Å². The van der Waals surface area contributed by atoms with Crippen LogP contribution in [0.15, 0.2) is 91.1 Å². The van der Waals surface area contributed by atoms with Gasteiger partial charge >= 0.3 is 6.03 Å². The van der Waals surface area contributed by atoms with Gasteiger partial charge in [0, 0.05) is 37.4 Å². The Balaban J connectivity index is 1.58. The molecule has 172 valence electrons. The molecule has 0 unspecified atom stereocenters. The molecule has 0 radical (unpaired) electrons. The second kappa shape index (κ2) is 8.98. The van der Waals surface area contributed by atoms with Crippen LogP contribution >= 0.6 is 0 Å². The molecule has 3 aromatic carbocycles. The monoisotopic (exact) mass is 452 g/mol. The summed E-state index contributed by atoms with van der Waals surface area (Å²) in [5.74, 6) is 0.749. The average Bonchev–Trinajstić information content (AvgIpc) is 3.29. The first-order valence-electron chi connectivity index (χ1n) is 11.3. The Morgan fingerprint density at radius 1 is 0.941 bits per heavy atom. The molecule has 0 saturated heterocycles. The fraction of sp³-hybridized carbons (Fsp3) is 0.179. The highest BCUT2D eigenvalue weighted by atomic mass is 16.5. The average molecular weight is 453 g/mol. The van der Waals surface area contributed by atoms with E-state index in [1.165, 1.54) is 0 Å². The molecule has 1 N–H and O–H groups in total. The maximum atomic E-state index is 13.7. The number of nitrogens with one attached hydrogen (secondary N) is 1. The van der Waals surface area contributed by atoms with Gasteiger partial charge in [0.25, 0.3) is 0 Å². The maximum Gasteiger partial charge on any atom is 0.322 e. The number of carbonyl (C=O) groups is 1. The number of nitrogens with zero attached hydrogens (tertiary/aromatic N) is 3. The molecule has 4 aromatic rings. The number of hydrogen-bond acceptors (Lipinski definition) is 3. The summed E-state index contributed by atoms with van der Waals surface area (Å²) >= 11 is 0. The van der Waals surface area contributed by atoms with E-state index in [9.17, 15) is 4.79 Å². The van der Waals surface area contributed by atoms with Gasteiger partial charge in [-0.15, -0.1) is 0 Å². The van der Waals surface area contributed by atoms with Crippen LogP contribution in [0.2, 0.25) is 0 Å². The van der Waals surface area contributed by atoms with Crippen LogP contribution in [-0.4, -0.2) is 36.7 Å². The van der Waals surface area contributed by atoms with Crippen molar-refractivity contribution in [2.24, 2.45) is 0 Å². The lowest BCUT2D eigenvalue weighted by molar-refractivity contribution is 0.194. The topological polar surface area (TPSA) is 49.7 Å². The molecule has 2 heterocycles. The van der Waals surface area contributed by atoms with Gasteiger partial charge in [0.1, 0.15) is 5.75 Å². The summed E-state index contributed by atoms with van der Waals surface area (Å²) in [7, 11) is 5.68. The van der Waals surface area contributed by atoms with E-state index in [1.807, 2.05) is 61.5 Å². The molecule has 1 aliphatic heterocycles. The molecule has 5 rings (SSSR count). The van der Waals surface area contributed by atoms with Gasteiger partial charge in [-0.2, -0.15) is 0 Å². The van der Waals surface area contributed by atoms with Crippen LogP contribution in [0, 0.1) is 0 Å². The molecule has 0 bridgehead atoms. The zero-order chi connectivity index (χ0) is 23.7. The lowest BCUT2D eigenvalue weighted by Gasteiger charge is -2.31. The van der Waals surface area contributed by atoms with Crippen molar-refractivity contribution in [2.45, 2.75) is 12.6 Å². The quantitative estimate of drug-likeness (QED) is 0.433. The van der Waals surface area contributed by atoms with E-state index >= 15 is 0 Å². The van der Waals surface area contributed by atoms with Crippen LogP contribution < -0.4 is 15.0 Å². The fourth-order valence-electron chi connectivity index (χ4n) is 4.51. The molecule has 6 nitrogen and oxygen atoms in total. The highest BCUT2D eigenvalue weighted by molar-refractivity contribution is 5.90. The van der Waals surface area contributed by atoms with Crippen LogP contribution in [0.1, 0.15) is 22.9 Å². The van der Waals surface area contributed by atoms with Crippen LogP contribution in [0.25, 0.3) is 5.69 Å². The first-order chi connectivity index (χ1) is 16.5. The van der Waals surface area contributed by atoms with Gasteiger partial charge in [0.2, 0.25) is 0 Å². The number of urea groups is 1. The summed E-state index contributed by atoms with van der Waals surface area (Å²) in [5, 5.41) is 3.09. The van der Waals surface area contributed by atoms with E-state index in [-0.39, 0.29) is 12.1 Å². The molecule has 2 amide bonds. The van der Waals surface area contributed by atoms with Crippen molar-refractivity contribution in [1.29, 1.82) is 0 Å². The van der Waals surface area contributed by atoms with Crippen molar-refractivity contribution in [1.82, 2.24) is 9.47 Å². The van der Waals surface area contributed by atoms with Gasteiger partial charge in [0.15, 0.2) is 0 Å². The normalized spacial score (nSPS) is 14.6. The number of benzene rings is 3. The number of methoxy groups -OCH3 is 1. The van der Waals surface area contributed by atoms with Crippen molar-refractivity contribution >= 4 is 17.4 Å². The minimum Gasteiger partial charge on any atom is -0.497 e. The second-order valence-electron chi connectivity index (χ2n) is 8.61. The zero-order valence-corrected chi connectivity index (χ0v) is 19.6. The third kappa shape index (κ3) is 3.99. The summed E-state index contributed by atoms with van der Waals surface area (Å²) in [4.78, 5) is 17.7. The smallest absolute Gasteiger partial charge is 0.322 e. The van der Waals surface area contributed by atoms with Crippen molar-refractivity contribution in [3.8, 4) is 11.4 Å². The highest BCUT2D eigenvalue weighted by Crippen LogP contribution is 2.37. The molecule has 1 aliphatic rings. The number of hydrogen-bond donors (Lipinski definition) is 1. The van der Waals surface area contributed by atoms with E-state index in [0.29, 0.717) is 6.54 Å². The fourth-order valence-corrected chi connectivity index (χ4v) is 4.51. The van der Waals surface area contributed by atoms with E-state index in [1.54, 1.807) is 7.11 Å². The number of para-hydroxylation sites is 1. The standard InChI is InChI=1S/C28H28N4O2/c1-30(2)23-14-10-20(11-15-23)27-26-9-6-18-31(26)25-8-5-4-7-21(25)19-32(27)28(33)29-22-12-16-24(34-3)17-13-22/h4-18,27H,19H2,1-3H3,(H,29,33)/t27-/m1/s1. The Morgan fingerprint density at radius 3 is 2.38 bits per heavy atom. The number of anilines is 2. The summed E-state index contributed by atoms with van der Waals surface area (Å²) in [6.07, 6.45) is 2.07. The molecule has 1 aromatic heterocycles. The Kier molecular flexibility index (Phi) is 5.72. The molecule has 0 aliphatic carbocycles. The molecule has 0 spiro atoms. The molecule has 0 saturated carbocycles. The minimum absolute atomic E-state index is 0.156. The van der Waals surface area contributed by atoms with Gasteiger partial charge < -0.3 is 24.4 Å². The highest BCUT2D eigenvalue weighted by Gasteiger charge is 2.33. The summed E-state index contributed by atoms with van der Waals surface area (Å²) in [5.41, 5.74) is 6.13. The molecule has 6 heteroatoms. The molecular weight excluding hydrogens is 424 g/mol. The number of rotatable bonds is 4. The molecular formula is C28H28N4O2. The van der Waals surface area contributed by atoms with Gasteiger partial charge in [-0.25, -0.2) is 4.79 Å². The third-order valence-electron chi connectivity index (χ3n) is 6.29. The van der Waals surface area contributed by atoms with Gasteiger partial charge in [-0.05, 0) is 65.7 Å². The SMILES string of the molecule is COc1ccc(NC(=O)N2Cc3ccccc3-n3cccc3[C@H]2c2ccc(N(C)C)cc2)cc1. The Bertz CT molecular complexity index is 1290. The first kappa shape index (κ1) is 21.6. The predicted octanol–water partition coefficient (Wildman–Crippen LogP) is 5.69. The predicted molar refractivity (Wildman–Crippen MR) is 136 cm³/mol. The number of amides is 2. The van der Waals surface area contributed by atoms with Gasteiger partial charge in [0.05, 0.1) is 25.4 Å². The van der Waals surface area contributed by atoms with E-state index < -0.39 is 0 Å². The van der Waals surface area contributed by atoms with Crippen LogP contribution in [0.3, 0.4) is 0 Å². The minimum atomic E-state index is -0.253. The second-order valence-corrected chi connectivity index (χ2v) is 8.61. The lowest BCUT2D eigenvalue weighted by Crippen LogP contribution is -2.37. The van der Waals surface area contributed by atoms with Crippen molar-refractivity contribution in [3.05, 3.63) is 108 Å². The third-order valence-corrected chi connectivity index (χ3v) is 6.29. The first-order valence-corrected chi connectivity index (χ1v) is 11.3. The number of carbonyl (C=O) groups excluding carboxylic acids is 1. The van der Waals surface area contributed by atoms with Crippen LogP contribution in [0.5, 0.6) is 5.75 Å². The lowest BCUT2D eigenvalue weighted by atomic mass is 10.0. The zero-order valence-electron chi connectivity index (χ0n) is 19.6. The summed E-state index contributed by atoms with van der Waals surface area (Å²) in [6.45, 7) is 0.486. The molecule has 1 atom stereocenters. The number of fused-ring (bicyclic) bond motifs is 3. The largest absolute Gasteiger partial charge is 0.497 e. The van der Waals surface area contributed by atoms with Crippen molar-refractivity contribution in [3.63, 3.8) is 0 Å². The molecule has 34 heavy (non-hydrogen) atoms. The van der Waals surface area contributed by atoms with Gasteiger partial charge in [-0.1, -0.05) is 30.3 Å².